The number of ether oxygens (including phenoxy) is 1. The highest BCUT2D eigenvalue weighted by molar-refractivity contribution is 5.77. The third kappa shape index (κ3) is 3.73. The summed E-state index contributed by atoms with van der Waals surface area (Å²) in [5.41, 5.74) is 4.90. The molecule has 0 aliphatic heterocycles. The zero-order valence-corrected chi connectivity index (χ0v) is 19.3. The molecule has 0 saturated heterocycles. The van der Waals surface area contributed by atoms with Crippen molar-refractivity contribution in [3.8, 4) is 28.7 Å². The molecule has 0 saturated carbocycles. The Morgan fingerprint density at radius 2 is 1.94 bits per heavy atom. The van der Waals surface area contributed by atoms with Crippen molar-refractivity contribution < 1.29 is 4.74 Å². The average Bonchev–Trinajstić information content (AvgIpc) is 3.52. The third-order valence-electron chi connectivity index (χ3n) is 5.63. The Labute approximate surface area is 190 Å². The van der Waals surface area contributed by atoms with Crippen molar-refractivity contribution >= 4 is 5.52 Å². The normalized spacial score (nSPS) is 11.6. The summed E-state index contributed by atoms with van der Waals surface area (Å²) in [5, 5.41) is 9.30. The van der Waals surface area contributed by atoms with Crippen molar-refractivity contribution in [2.75, 3.05) is 7.11 Å². The van der Waals surface area contributed by atoms with E-state index in [-0.39, 0.29) is 6.04 Å². The highest BCUT2D eigenvalue weighted by Gasteiger charge is 2.20. The summed E-state index contributed by atoms with van der Waals surface area (Å²) < 4.78 is 11.0. The van der Waals surface area contributed by atoms with Crippen LogP contribution in [0.2, 0.25) is 0 Å². The van der Waals surface area contributed by atoms with E-state index in [0.717, 1.165) is 27.9 Å². The van der Waals surface area contributed by atoms with Gasteiger partial charge in [-0.1, -0.05) is 0 Å². The zero-order valence-electron chi connectivity index (χ0n) is 19.3. The number of aryl methyl sites for hydroxylation is 2. The second kappa shape index (κ2) is 8.12. The molecule has 0 unspecified atom stereocenters. The van der Waals surface area contributed by atoms with Crippen LogP contribution in [0.5, 0.6) is 5.88 Å². The van der Waals surface area contributed by atoms with Gasteiger partial charge in [0.25, 0.3) is 0 Å². The molecular weight excluding hydrogens is 418 g/mol. The van der Waals surface area contributed by atoms with Crippen LogP contribution in [0.25, 0.3) is 28.3 Å². The molecule has 10 heteroatoms. The van der Waals surface area contributed by atoms with Crippen molar-refractivity contribution in [3.63, 3.8) is 0 Å². The Bertz CT molecular complexity index is 1440. The largest absolute Gasteiger partial charge is 0.481 e. The standard InChI is InChI=1S/C23H25N9O/c1-14(2)31-12-16(11-26-31)17-13-32-21(15(17)3)18(10-19-24-7-6-20(28-19)33-5)27-22(29-32)23-25-8-9-30(23)4/h6-9,11-14H,10H2,1-5H3. The lowest BCUT2D eigenvalue weighted by Gasteiger charge is -2.08. The lowest BCUT2D eigenvalue weighted by atomic mass is 10.1. The van der Waals surface area contributed by atoms with Crippen LogP contribution in [0, 0.1) is 6.92 Å². The van der Waals surface area contributed by atoms with Crippen LogP contribution < -0.4 is 4.74 Å². The van der Waals surface area contributed by atoms with E-state index in [1.54, 1.807) is 25.6 Å². The topological polar surface area (TPSA) is 101 Å². The fourth-order valence-corrected chi connectivity index (χ4v) is 3.89. The molecule has 5 rings (SSSR count). The highest BCUT2D eigenvalue weighted by Crippen LogP contribution is 2.31. The molecule has 0 radical (unpaired) electrons. The Balaban J connectivity index is 1.69. The first kappa shape index (κ1) is 20.8. The van der Waals surface area contributed by atoms with Crippen LogP contribution in [-0.4, -0.2) is 51.0 Å². The molecule has 0 atom stereocenters. The predicted octanol–water partition coefficient (Wildman–Crippen LogP) is 3.27. The summed E-state index contributed by atoms with van der Waals surface area (Å²) in [6.07, 6.45) is 11.7. The van der Waals surface area contributed by atoms with E-state index in [9.17, 15) is 0 Å². The van der Waals surface area contributed by atoms with Gasteiger partial charge >= 0.3 is 0 Å². The Morgan fingerprint density at radius 1 is 1.09 bits per heavy atom. The smallest absolute Gasteiger partial charge is 0.216 e. The lowest BCUT2D eigenvalue weighted by molar-refractivity contribution is 0.395. The van der Waals surface area contributed by atoms with Gasteiger partial charge in [-0.05, 0) is 26.3 Å². The van der Waals surface area contributed by atoms with Gasteiger partial charge in [0.1, 0.15) is 5.82 Å². The molecule has 0 spiro atoms. The Kier molecular flexibility index (Phi) is 5.12. The van der Waals surface area contributed by atoms with Crippen molar-refractivity contribution in [1.29, 1.82) is 0 Å². The molecule has 0 aliphatic carbocycles. The second-order valence-electron chi connectivity index (χ2n) is 8.20. The van der Waals surface area contributed by atoms with Gasteiger partial charge in [0.05, 0.1) is 30.9 Å². The number of hydrogen-bond acceptors (Lipinski definition) is 7. The van der Waals surface area contributed by atoms with Crippen LogP contribution in [0.3, 0.4) is 0 Å². The molecule has 0 bridgehead atoms. The molecule has 5 heterocycles. The number of aromatic nitrogens is 9. The molecule has 0 fully saturated rings. The Morgan fingerprint density at radius 3 is 2.64 bits per heavy atom. The molecule has 33 heavy (non-hydrogen) atoms. The fourth-order valence-electron chi connectivity index (χ4n) is 3.89. The number of hydrogen-bond donors (Lipinski definition) is 0. The second-order valence-corrected chi connectivity index (χ2v) is 8.20. The third-order valence-corrected chi connectivity index (χ3v) is 5.63. The van der Waals surface area contributed by atoms with Crippen LogP contribution in [0.1, 0.15) is 37.0 Å². The van der Waals surface area contributed by atoms with Gasteiger partial charge in [0.15, 0.2) is 5.82 Å². The van der Waals surface area contributed by atoms with Crippen molar-refractivity contribution in [2.24, 2.45) is 7.05 Å². The van der Waals surface area contributed by atoms with E-state index in [4.69, 9.17) is 14.8 Å². The van der Waals surface area contributed by atoms with E-state index in [1.165, 1.54) is 0 Å². The van der Waals surface area contributed by atoms with Crippen molar-refractivity contribution in [2.45, 2.75) is 33.2 Å². The first-order chi connectivity index (χ1) is 15.9. The maximum absolute atomic E-state index is 5.27. The first-order valence-electron chi connectivity index (χ1n) is 10.7. The molecule has 10 nitrogen and oxygen atoms in total. The predicted molar refractivity (Wildman–Crippen MR) is 123 cm³/mol. The number of fused-ring (bicyclic) bond motifs is 1. The molecule has 0 aromatic carbocycles. The number of nitrogens with zero attached hydrogens (tertiary/aromatic N) is 9. The quantitative estimate of drug-likeness (QED) is 0.397. The van der Waals surface area contributed by atoms with Crippen molar-refractivity contribution in [1.82, 2.24) is 43.9 Å². The van der Waals surface area contributed by atoms with Gasteiger partial charge in [-0.15, -0.1) is 5.10 Å². The van der Waals surface area contributed by atoms with Gasteiger partial charge in [-0.3, -0.25) is 4.68 Å². The van der Waals surface area contributed by atoms with Gasteiger partial charge < -0.3 is 9.30 Å². The van der Waals surface area contributed by atoms with Crippen LogP contribution in [0.15, 0.2) is 43.2 Å². The summed E-state index contributed by atoms with van der Waals surface area (Å²) >= 11 is 0. The SMILES string of the molecule is COc1ccnc(Cc2nc(-c3nccn3C)nn3cc(-c4cnn(C(C)C)c4)c(C)c23)n1. The van der Waals surface area contributed by atoms with E-state index >= 15 is 0 Å². The molecule has 5 aromatic heterocycles. The summed E-state index contributed by atoms with van der Waals surface area (Å²) in [5.74, 6) is 2.36. The molecule has 5 aromatic rings. The maximum Gasteiger partial charge on any atom is 0.216 e. The fraction of sp³-hybridized carbons (Fsp3) is 0.304. The minimum absolute atomic E-state index is 0.284. The Hall–Kier alpha value is -4.08. The number of methoxy groups -OCH3 is 1. The van der Waals surface area contributed by atoms with Crippen molar-refractivity contribution in [3.05, 3.63) is 60.3 Å². The van der Waals surface area contributed by atoms with Gasteiger partial charge in [-0.25, -0.2) is 19.5 Å². The summed E-state index contributed by atoms with van der Waals surface area (Å²) in [7, 11) is 3.52. The van der Waals surface area contributed by atoms with Gasteiger partial charge in [0, 0.05) is 61.3 Å². The molecule has 168 valence electrons. The summed E-state index contributed by atoms with van der Waals surface area (Å²) in [6.45, 7) is 6.30. The number of imidazole rings is 1. The molecule has 0 aliphatic rings. The summed E-state index contributed by atoms with van der Waals surface area (Å²) in [4.78, 5) is 18.2. The van der Waals surface area contributed by atoms with E-state index in [0.29, 0.717) is 29.8 Å². The van der Waals surface area contributed by atoms with Gasteiger partial charge in [0.2, 0.25) is 11.7 Å². The highest BCUT2D eigenvalue weighted by atomic mass is 16.5. The van der Waals surface area contributed by atoms with Crippen LogP contribution in [-0.2, 0) is 13.5 Å². The zero-order chi connectivity index (χ0) is 23.1. The monoisotopic (exact) mass is 443 g/mol. The van der Waals surface area contributed by atoms with Crippen LogP contribution >= 0.6 is 0 Å². The first-order valence-corrected chi connectivity index (χ1v) is 10.7. The molecular formula is C23H25N9O. The average molecular weight is 444 g/mol. The molecule has 0 amide bonds. The van der Waals surface area contributed by atoms with Crippen LogP contribution in [0.4, 0.5) is 0 Å². The number of rotatable bonds is 6. The minimum Gasteiger partial charge on any atom is -0.481 e. The van der Waals surface area contributed by atoms with E-state index in [1.807, 2.05) is 39.4 Å². The molecule has 0 N–H and O–H groups in total. The summed E-state index contributed by atoms with van der Waals surface area (Å²) in [6, 6.07) is 2.01. The van der Waals surface area contributed by atoms with E-state index in [2.05, 4.69) is 47.0 Å². The van der Waals surface area contributed by atoms with Gasteiger partial charge in [-0.2, -0.15) is 10.1 Å². The minimum atomic E-state index is 0.284. The lowest BCUT2D eigenvalue weighted by Crippen LogP contribution is -2.08. The maximum atomic E-state index is 5.27. The van der Waals surface area contributed by atoms with E-state index < -0.39 is 0 Å².